The van der Waals surface area contributed by atoms with Crippen molar-refractivity contribution in [2.75, 3.05) is 0 Å². The van der Waals surface area contributed by atoms with Gasteiger partial charge in [0.25, 0.3) is 6.43 Å². The summed E-state index contributed by atoms with van der Waals surface area (Å²) >= 11 is 0. The van der Waals surface area contributed by atoms with Crippen LogP contribution in [0.25, 0.3) is 17.0 Å². The lowest BCUT2D eigenvalue weighted by Crippen LogP contribution is -1.93. The van der Waals surface area contributed by atoms with E-state index in [4.69, 9.17) is 4.42 Å². The Morgan fingerprint density at radius 3 is 3.00 bits per heavy atom. The fourth-order valence-electron chi connectivity index (χ4n) is 1.64. The number of pyridine rings is 1. The molecule has 0 unspecified atom stereocenters. The number of hydrogen-bond donors (Lipinski definition) is 0. The number of halogens is 2. The van der Waals surface area contributed by atoms with E-state index in [1.54, 1.807) is 0 Å². The van der Waals surface area contributed by atoms with Crippen LogP contribution in [0.3, 0.4) is 0 Å². The van der Waals surface area contributed by atoms with E-state index < -0.39 is 6.43 Å². The van der Waals surface area contributed by atoms with E-state index in [-0.39, 0.29) is 5.56 Å². The lowest BCUT2D eigenvalue weighted by Gasteiger charge is -2.05. The van der Waals surface area contributed by atoms with Gasteiger partial charge >= 0.3 is 0 Å². The van der Waals surface area contributed by atoms with E-state index in [9.17, 15) is 8.78 Å². The van der Waals surface area contributed by atoms with Crippen LogP contribution in [-0.2, 0) is 0 Å². The maximum absolute atomic E-state index is 12.7. The Labute approximate surface area is 94.5 Å². The van der Waals surface area contributed by atoms with E-state index in [2.05, 4.69) is 16.2 Å². The van der Waals surface area contributed by atoms with E-state index in [1.807, 2.05) is 0 Å². The summed E-state index contributed by atoms with van der Waals surface area (Å²) in [5, 5.41) is 0. The van der Waals surface area contributed by atoms with Crippen LogP contribution in [0.2, 0.25) is 0 Å². The van der Waals surface area contributed by atoms with Crippen molar-refractivity contribution in [3.05, 3.63) is 42.8 Å². The van der Waals surface area contributed by atoms with Gasteiger partial charge in [-0.25, -0.2) is 18.7 Å². The first-order chi connectivity index (χ1) is 8.25. The molecule has 85 valence electrons. The molecule has 0 amide bonds. The number of oxazole rings is 1. The Bertz CT molecular complexity index is 646. The first kappa shape index (κ1) is 9.95. The molecule has 3 aromatic rings. The van der Waals surface area contributed by atoms with E-state index in [0.717, 1.165) is 0 Å². The summed E-state index contributed by atoms with van der Waals surface area (Å²) in [5.41, 5.74) is 0.867. The number of alkyl halides is 2. The fourth-order valence-corrected chi connectivity index (χ4v) is 1.64. The number of hydrogen-bond acceptors (Lipinski definition) is 3. The van der Waals surface area contributed by atoms with Gasteiger partial charge in [0, 0.05) is 11.8 Å². The minimum atomic E-state index is -2.56. The molecular weight excluding hydrogens is 228 g/mol. The molecule has 0 aliphatic rings. The second-order valence-corrected chi connectivity index (χ2v) is 3.43. The molecule has 1 radical (unpaired) electrons. The molecule has 0 aliphatic heterocycles. The molecule has 4 nitrogen and oxygen atoms in total. The highest BCUT2D eigenvalue weighted by Gasteiger charge is 2.15. The quantitative estimate of drug-likeness (QED) is 0.684. The van der Waals surface area contributed by atoms with Crippen molar-refractivity contribution in [2.24, 2.45) is 0 Å². The molecule has 0 N–H and O–H groups in total. The van der Waals surface area contributed by atoms with Crippen molar-refractivity contribution in [1.82, 2.24) is 14.4 Å². The van der Waals surface area contributed by atoms with Crippen LogP contribution < -0.4 is 0 Å². The molecule has 17 heavy (non-hydrogen) atoms. The zero-order valence-electron chi connectivity index (χ0n) is 8.47. The van der Waals surface area contributed by atoms with Gasteiger partial charge in [0.15, 0.2) is 12.2 Å². The van der Waals surface area contributed by atoms with Gasteiger partial charge < -0.3 is 4.42 Å². The van der Waals surface area contributed by atoms with Gasteiger partial charge in [0.05, 0.1) is 24.2 Å². The van der Waals surface area contributed by atoms with Crippen LogP contribution in [0.1, 0.15) is 12.0 Å². The van der Waals surface area contributed by atoms with Gasteiger partial charge in [-0.3, -0.25) is 4.40 Å². The minimum Gasteiger partial charge on any atom is -0.443 e. The number of imidazole rings is 1. The van der Waals surface area contributed by atoms with Crippen molar-refractivity contribution in [2.45, 2.75) is 6.43 Å². The van der Waals surface area contributed by atoms with Crippen molar-refractivity contribution in [3.63, 3.8) is 0 Å². The molecule has 0 aliphatic carbocycles. The highest BCUT2D eigenvalue weighted by Crippen LogP contribution is 2.28. The summed E-state index contributed by atoms with van der Waals surface area (Å²) in [6.45, 7) is 0. The third-order valence-electron chi connectivity index (χ3n) is 2.39. The van der Waals surface area contributed by atoms with Crippen molar-refractivity contribution < 1.29 is 13.2 Å². The third kappa shape index (κ3) is 1.57. The lowest BCUT2D eigenvalue weighted by atomic mass is 10.1. The number of rotatable bonds is 2. The second kappa shape index (κ2) is 3.65. The van der Waals surface area contributed by atoms with Gasteiger partial charge in [0.2, 0.25) is 0 Å². The van der Waals surface area contributed by atoms with Crippen LogP contribution in [-0.4, -0.2) is 14.4 Å². The van der Waals surface area contributed by atoms with Gasteiger partial charge in [-0.05, 0) is 6.07 Å². The molecule has 3 aromatic heterocycles. The lowest BCUT2D eigenvalue weighted by molar-refractivity contribution is 0.151. The SMILES string of the molecule is FC(F)c1cc(-c2cnco2)c2nc[c]n2c1. The van der Waals surface area contributed by atoms with Crippen LogP contribution in [0, 0.1) is 6.20 Å². The monoisotopic (exact) mass is 234 g/mol. The van der Waals surface area contributed by atoms with Gasteiger partial charge in [-0.15, -0.1) is 0 Å². The molecule has 0 saturated carbocycles. The molecule has 0 fully saturated rings. The average Bonchev–Trinajstić information content (AvgIpc) is 2.98. The number of fused-ring (bicyclic) bond motifs is 1. The van der Waals surface area contributed by atoms with E-state index >= 15 is 0 Å². The van der Waals surface area contributed by atoms with Crippen LogP contribution >= 0.6 is 0 Å². The number of aromatic nitrogens is 3. The minimum absolute atomic E-state index is 0.113. The zero-order valence-corrected chi connectivity index (χ0v) is 8.47. The Morgan fingerprint density at radius 1 is 1.41 bits per heavy atom. The highest BCUT2D eigenvalue weighted by molar-refractivity contribution is 5.74. The molecule has 3 heterocycles. The van der Waals surface area contributed by atoms with Gasteiger partial charge in [0.1, 0.15) is 5.65 Å². The Balaban J connectivity index is 2.31. The summed E-state index contributed by atoms with van der Waals surface area (Å²) in [7, 11) is 0. The van der Waals surface area contributed by atoms with Gasteiger partial charge in [-0.2, -0.15) is 0 Å². The topological polar surface area (TPSA) is 43.3 Å². The molecule has 0 bridgehead atoms. The maximum atomic E-state index is 12.7. The maximum Gasteiger partial charge on any atom is 0.265 e. The zero-order chi connectivity index (χ0) is 11.8. The number of nitrogens with zero attached hydrogens (tertiary/aromatic N) is 3. The van der Waals surface area contributed by atoms with Gasteiger partial charge in [-0.1, -0.05) is 0 Å². The predicted molar refractivity (Wildman–Crippen MR) is 54.5 cm³/mol. The standard InChI is InChI=1S/C11H6F2N3O/c12-10(13)7-3-8(9-4-14-6-17-9)11-15-1-2-16(11)5-7/h1,3-6,10H. The first-order valence-corrected chi connectivity index (χ1v) is 4.81. The summed E-state index contributed by atoms with van der Waals surface area (Å²) in [5.74, 6) is 0.400. The van der Waals surface area contributed by atoms with E-state index in [0.29, 0.717) is 17.0 Å². The summed E-state index contributed by atoms with van der Waals surface area (Å²) in [6.07, 6.45) is 5.59. The van der Waals surface area contributed by atoms with Crippen LogP contribution in [0.4, 0.5) is 8.78 Å². The average molecular weight is 234 g/mol. The van der Waals surface area contributed by atoms with Crippen LogP contribution in [0.5, 0.6) is 0 Å². The molecule has 0 atom stereocenters. The normalized spacial score (nSPS) is 11.5. The molecule has 6 heteroatoms. The summed E-state index contributed by atoms with van der Waals surface area (Å²) in [4.78, 5) is 7.81. The Hall–Kier alpha value is -2.24. The fraction of sp³-hybridized carbons (Fsp3) is 0.0909. The third-order valence-corrected chi connectivity index (χ3v) is 2.39. The van der Waals surface area contributed by atoms with E-state index in [1.165, 1.54) is 35.5 Å². The summed E-state index contributed by atoms with van der Waals surface area (Å²) < 4.78 is 32.0. The molecule has 0 aromatic carbocycles. The van der Waals surface area contributed by atoms with Crippen molar-refractivity contribution in [3.8, 4) is 11.3 Å². The summed E-state index contributed by atoms with van der Waals surface area (Å²) in [6, 6.07) is 1.35. The smallest absolute Gasteiger partial charge is 0.265 e. The second-order valence-electron chi connectivity index (χ2n) is 3.43. The highest BCUT2D eigenvalue weighted by atomic mass is 19.3. The largest absolute Gasteiger partial charge is 0.443 e. The van der Waals surface area contributed by atoms with Crippen molar-refractivity contribution in [1.29, 1.82) is 0 Å². The van der Waals surface area contributed by atoms with Crippen molar-refractivity contribution >= 4 is 5.65 Å². The molecule has 0 spiro atoms. The molecule has 0 saturated heterocycles. The molecular formula is C11H6F2N3O. The molecule has 3 rings (SSSR count). The Morgan fingerprint density at radius 2 is 2.29 bits per heavy atom. The van der Waals surface area contributed by atoms with Crippen LogP contribution in [0.15, 0.2) is 35.5 Å². The predicted octanol–water partition coefficient (Wildman–Crippen LogP) is 2.73. The first-order valence-electron chi connectivity index (χ1n) is 4.81. The Kier molecular flexibility index (Phi) is 2.14.